The number of nitrogens with zero attached hydrogens (tertiary/aromatic N) is 1. The fraction of sp³-hybridized carbons (Fsp3) is 0.167. The molecule has 112 valence electrons. The molecule has 1 aromatic carbocycles. The van der Waals surface area contributed by atoms with Crippen LogP contribution in [0.3, 0.4) is 0 Å². The number of amides is 1. The molecule has 9 heteroatoms. The molecule has 0 bridgehead atoms. The van der Waals surface area contributed by atoms with Crippen LogP contribution in [-0.2, 0) is 14.8 Å². The number of hydrogen-bond acceptors (Lipinski definition) is 6. The van der Waals surface area contributed by atoms with Gasteiger partial charge >= 0.3 is 6.09 Å². The van der Waals surface area contributed by atoms with Gasteiger partial charge in [-0.05, 0) is 24.3 Å². The van der Waals surface area contributed by atoms with Crippen LogP contribution in [0.15, 0.2) is 35.4 Å². The third-order valence-electron chi connectivity index (χ3n) is 2.69. The van der Waals surface area contributed by atoms with Crippen LogP contribution < -0.4 is 16.2 Å². The zero-order valence-corrected chi connectivity index (χ0v) is 11.8. The van der Waals surface area contributed by atoms with E-state index in [1.54, 1.807) is 12.1 Å². The lowest BCUT2D eigenvalue weighted by Crippen LogP contribution is -2.29. The Labute approximate surface area is 121 Å². The number of pyridine rings is 1. The van der Waals surface area contributed by atoms with Crippen molar-refractivity contribution in [1.82, 2.24) is 9.71 Å². The second-order valence-electron chi connectivity index (χ2n) is 4.12. The van der Waals surface area contributed by atoms with Crippen molar-refractivity contribution >= 4 is 32.7 Å². The second-order valence-corrected chi connectivity index (χ2v) is 5.85. The number of carbonyl (C=O) groups excluding carboxylic acids is 1. The molecule has 5 N–H and O–H groups in total. The molecule has 0 radical (unpaired) electrons. The summed E-state index contributed by atoms with van der Waals surface area (Å²) in [6.45, 7) is -0.251. The average molecular weight is 310 g/mol. The molecular weight excluding hydrogens is 296 g/mol. The first-order chi connectivity index (χ1) is 9.92. The Morgan fingerprint density at radius 2 is 2.10 bits per heavy atom. The van der Waals surface area contributed by atoms with Crippen LogP contribution in [0, 0.1) is 0 Å². The van der Waals surface area contributed by atoms with Gasteiger partial charge in [-0.15, -0.1) is 0 Å². The van der Waals surface area contributed by atoms with E-state index in [0.717, 1.165) is 0 Å². The monoisotopic (exact) mass is 310 g/mol. The molecule has 1 heterocycles. The van der Waals surface area contributed by atoms with Gasteiger partial charge < -0.3 is 16.2 Å². The standard InChI is InChI=1S/C12H14N4O4S/c13-9-3-4-10(11-8(9)2-1-5-15-11)21(18,19)16-6-7-20-12(14)17/h1-5,16H,6-7,13H2,(H2,14,17). The first-order valence-corrected chi connectivity index (χ1v) is 7.45. The number of ether oxygens (including phenoxy) is 1. The molecule has 0 fully saturated rings. The lowest BCUT2D eigenvalue weighted by Gasteiger charge is -2.10. The van der Waals surface area contributed by atoms with Crippen molar-refractivity contribution in [2.45, 2.75) is 4.90 Å². The van der Waals surface area contributed by atoms with Crippen molar-refractivity contribution in [2.24, 2.45) is 5.73 Å². The number of hydrogen-bond donors (Lipinski definition) is 3. The van der Waals surface area contributed by atoms with Crippen LogP contribution in [0.5, 0.6) is 0 Å². The van der Waals surface area contributed by atoms with Crippen molar-refractivity contribution in [2.75, 3.05) is 18.9 Å². The van der Waals surface area contributed by atoms with E-state index in [2.05, 4.69) is 14.4 Å². The maximum Gasteiger partial charge on any atom is 0.404 e. The third-order valence-corrected chi connectivity index (χ3v) is 4.19. The van der Waals surface area contributed by atoms with Gasteiger partial charge in [-0.25, -0.2) is 17.9 Å². The number of sulfonamides is 1. The Kier molecular flexibility index (Phi) is 4.24. The fourth-order valence-corrected chi connectivity index (χ4v) is 2.96. The van der Waals surface area contributed by atoms with E-state index in [4.69, 9.17) is 11.5 Å². The highest BCUT2D eigenvalue weighted by Crippen LogP contribution is 2.25. The van der Waals surface area contributed by atoms with Gasteiger partial charge in [0, 0.05) is 23.8 Å². The number of carbonyl (C=O) groups is 1. The van der Waals surface area contributed by atoms with Crippen molar-refractivity contribution in [3.8, 4) is 0 Å². The number of rotatable bonds is 5. The molecule has 0 atom stereocenters. The Balaban J connectivity index is 2.28. The third kappa shape index (κ3) is 3.38. The molecule has 0 aliphatic rings. The molecule has 0 aliphatic heterocycles. The van der Waals surface area contributed by atoms with Gasteiger partial charge in [-0.1, -0.05) is 0 Å². The number of nitrogen functional groups attached to an aromatic ring is 1. The molecule has 1 amide bonds. The van der Waals surface area contributed by atoms with Crippen LogP contribution in [0.2, 0.25) is 0 Å². The maximum absolute atomic E-state index is 12.2. The summed E-state index contributed by atoms with van der Waals surface area (Å²) < 4.78 is 31.2. The molecule has 1 aromatic heterocycles. The van der Waals surface area contributed by atoms with Gasteiger partial charge in [0.25, 0.3) is 0 Å². The molecule has 2 rings (SSSR count). The van der Waals surface area contributed by atoms with Gasteiger partial charge in [0.2, 0.25) is 10.0 Å². The van der Waals surface area contributed by atoms with E-state index in [1.807, 2.05) is 0 Å². The van der Waals surface area contributed by atoms with E-state index in [1.165, 1.54) is 18.3 Å². The van der Waals surface area contributed by atoms with Crippen molar-refractivity contribution in [3.05, 3.63) is 30.5 Å². The number of benzene rings is 1. The average Bonchev–Trinajstić information content (AvgIpc) is 2.44. The summed E-state index contributed by atoms with van der Waals surface area (Å²) in [6, 6.07) is 6.23. The van der Waals surface area contributed by atoms with Crippen LogP contribution >= 0.6 is 0 Å². The molecule has 0 unspecified atom stereocenters. The fourth-order valence-electron chi connectivity index (χ4n) is 1.79. The minimum atomic E-state index is -3.80. The minimum Gasteiger partial charge on any atom is -0.448 e. The summed E-state index contributed by atoms with van der Waals surface area (Å²) in [6.07, 6.45) is 0.519. The summed E-state index contributed by atoms with van der Waals surface area (Å²) >= 11 is 0. The Morgan fingerprint density at radius 3 is 2.81 bits per heavy atom. The van der Waals surface area contributed by atoms with E-state index >= 15 is 0 Å². The Bertz CT molecular complexity index is 776. The second kappa shape index (κ2) is 5.94. The van der Waals surface area contributed by atoms with Gasteiger partial charge in [-0.3, -0.25) is 4.98 Å². The molecule has 0 spiro atoms. The van der Waals surface area contributed by atoms with Gasteiger partial charge in [0.1, 0.15) is 11.5 Å². The topological polar surface area (TPSA) is 137 Å². The van der Waals surface area contributed by atoms with Crippen molar-refractivity contribution < 1.29 is 17.9 Å². The zero-order valence-electron chi connectivity index (χ0n) is 10.9. The predicted molar refractivity (Wildman–Crippen MR) is 76.9 cm³/mol. The molecule has 0 aliphatic carbocycles. The number of aromatic nitrogens is 1. The van der Waals surface area contributed by atoms with E-state index < -0.39 is 16.1 Å². The van der Waals surface area contributed by atoms with E-state index in [0.29, 0.717) is 11.1 Å². The van der Waals surface area contributed by atoms with E-state index in [9.17, 15) is 13.2 Å². The largest absolute Gasteiger partial charge is 0.448 e. The minimum absolute atomic E-state index is 0.00590. The number of primary amides is 1. The highest BCUT2D eigenvalue weighted by atomic mass is 32.2. The molecule has 8 nitrogen and oxygen atoms in total. The predicted octanol–water partition coefficient (Wildman–Crippen LogP) is 0.191. The summed E-state index contributed by atoms with van der Waals surface area (Å²) in [7, 11) is -3.80. The Morgan fingerprint density at radius 1 is 1.33 bits per heavy atom. The number of fused-ring (bicyclic) bond motifs is 1. The molecule has 0 saturated carbocycles. The summed E-state index contributed by atoms with van der Waals surface area (Å²) in [4.78, 5) is 14.5. The normalized spacial score (nSPS) is 11.4. The molecule has 0 saturated heterocycles. The zero-order chi connectivity index (χ0) is 15.5. The quantitative estimate of drug-likeness (QED) is 0.532. The maximum atomic E-state index is 12.2. The summed E-state index contributed by atoms with van der Waals surface area (Å²) in [5.41, 5.74) is 11.3. The first-order valence-electron chi connectivity index (χ1n) is 5.97. The highest BCUT2D eigenvalue weighted by Gasteiger charge is 2.18. The van der Waals surface area contributed by atoms with Gasteiger partial charge in [0.15, 0.2) is 0 Å². The van der Waals surface area contributed by atoms with Crippen molar-refractivity contribution in [3.63, 3.8) is 0 Å². The SMILES string of the molecule is NC(=O)OCCNS(=O)(=O)c1ccc(N)c2cccnc12. The summed E-state index contributed by atoms with van der Waals surface area (Å²) in [5, 5.41) is 0.550. The van der Waals surface area contributed by atoms with E-state index in [-0.39, 0.29) is 23.6 Å². The van der Waals surface area contributed by atoms with Gasteiger partial charge in [0.05, 0.1) is 5.52 Å². The van der Waals surface area contributed by atoms with Crippen LogP contribution in [0.25, 0.3) is 10.9 Å². The smallest absolute Gasteiger partial charge is 0.404 e. The number of nitrogens with two attached hydrogens (primary N) is 2. The lowest BCUT2D eigenvalue weighted by molar-refractivity contribution is 0.159. The highest BCUT2D eigenvalue weighted by molar-refractivity contribution is 7.89. The van der Waals surface area contributed by atoms with Gasteiger partial charge in [-0.2, -0.15) is 0 Å². The van der Waals surface area contributed by atoms with Crippen LogP contribution in [0.4, 0.5) is 10.5 Å². The molecule has 21 heavy (non-hydrogen) atoms. The van der Waals surface area contributed by atoms with Crippen LogP contribution in [-0.4, -0.2) is 32.6 Å². The first kappa shape index (κ1) is 15.0. The Hall–Kier alpha value is -2.39. The lowest BCUT2D eigenvalue weighted by atomic mass is 10.2. The number of nitrogens with one attached hydrogen (secondary N) is 1. The van der Waals surface area contributed by atoms with Crippen molar-refractivity contribution in [1.29, 1.82) is 0 Å². The number of anilines is 1. The molecule has 2 aromatic rings. The van der Waals surface area contributed by atoms with Crippen LogP contribution in [0.1, 0.15) is 0 Å². The summed E-state index contributed by atoms with van der Waals surface area (Å²) in [5.74, 6) is 0. The molecular formula is C12H14N4O4S.